The van der Waals surface area contributed by atoms with Gasteiger partial charge in [-0.1, -0.05) is 334 Å². The number of allylic oxidation sites excluding steroid dienone is 40. The van der Waals surface area contributed by atoms with Gasteiger partial charge in [0.15, 0.2) is 6.10 Å². The number of ether oxygens (including phenoxy) is 2. The van der Waals surface area contributed by atoms with E-state index in [4.69, 9.17) is 24.3 Å². The lowest BCUT2D eigenvalue weighted by Crippen LogP contribution is -2.29. The smallest absolute Gasteiger partial charge is 0.462 e. The molecule has 0 aromatic rings. The second kappa shape index (κ2) is 80.8. The third-order valence-corrected chi connectivity index (χ3v) is 16.2. The Bertz CT molecular complexity index is 2530. The predicted octanol–water partition coefficient (Wildman–Crippen LogP) is 26.3. The van der Waals surface area contributed by atoms with Crippen LogP contribution in [0.2, 0.25) is 0 Å². The minimum atomic E-state index is -4.42. The monoisotopic (exact) mass is 1380 g/mol. The van der Waals surface area contributed by atoms with Gasteiger partial charge in [-0.25, -0.2) is 4.57 Å². The quantitative estimate of drug-likeness (QED) is 0.0264. The molecule has 2 unspecified atom stereocenters. The maximum absolute atomic E-state index is 12.8. The number of carbonyl (C=O) groups is 2. The molecule has 0 radical (unpaired) electrons. The van der Waals surface area contributed by atoms with Crippen molar-refractivity contribution in [2.75, 3.05) is 26.4 Å². The topological polar surface area (TPSA) is 134 Å². The van der Waals surface area contributed by atoms with E-state index < -0.39 is 32.5 Å². The predicted molar refractivity (Wildman–Crippen MR) is 430 cm³/mol. The maximum Gasteiger partial charge on any atom is 0.472 e. The number of unbranched alkanes of at least 4 members (excludes halogenated alkanes) is 16. The standard InChI is InChI=1S/C89H138NO8P/c1-3-5-7-9-11-13-15-17-19-21-23-25-27-29-31-33-35-37-39-41-42-43-44-46-47-49-51-53-55-57-59-61-63-65-67-69-71-73-75-77-79-81-88(91)95-85-87(86-97-99(93,94)96-84-83-90)98-89(92)82-80-78-76-74-72-70-68-66-64-62-60-58-56-54-52-50-48-45-40-38-36-34-32-30-28-26-24-22-20-18-16-14-12-10-8-6-4-2/h5-8,11-14,17-20,23-26,29-32,35-38,41-42,44-46,48-49,51-52,54,58,60,64,66,70,72,87H,3-4,9-10,15-16,21-22,27-28,33-34,39-40,43,47,50,53,55-57,59,61-63,65,67-69,71,73-86,90H2,1-2H3,(H,93,94)/b7-5-,8-6-,13-11-,14-12-,19-17-,20-18-,25-23-,26-24-,31-29-,32-30-,37-35-,38-36-,42-41-,46-44-,48-45-,51-49-,54-52-,60-58-,66-64-,72-70-. The lowest BCUT2D eigenvalue weighted by atomic mass is 10.0. The SMILES string of the molecule is CC/C=C\C/C=C\C/C=C\C/C=C\C/C=C\C/C=C\C/C=C\C/C=C\C/C=C\C/C=C\C/C=C\CCCCCC(=O)OC(COC(=O)CCCCCCCCCCCCCCC/C=C\C/C=C\C/C=C\C/C=C\C/C=C\C/C=C\C/C=C\C/C=C\C/C=C\CC)COP(=O)(O)OCCN. The van der Waals surface area contributed by atoms with Gasteiger partial charge in [0.25, 0.3) is 0 Å². The van der Waals surface area contributed by atoms with E-state index in [-0.39, 0.29) is 32.6 Å². The molecule has 0 saturated carbocycles. The Kier molecular flexibility index (Phi) is 75.7. The van der Waals surface area contributed by atoms with E-state index in [2.05, 4.69) is 257 Å². The number of carbonyl (C=O) groups excluding carboxylic acids is 2. The molecule has 0 aliphatic carbocycles. The van der Waals surface area contributed by atoms with E-state index in [0.717, 1.165) is 167 Å². The molecule has 10 heteroatoms. The Morgan fingerprint density at radius 3 is 0.788 bits per heavy atom. The number of phosphoric acid groups is 1. The molecular weight excluding hydrogens is 1240 g/mol. The van der Waals surface area contributed by atoms with Crippen LogP contribution >= 0.6 is 7.82 Å². The first-order valence-corrected chi connectivity index (χ1v) is 40.0. The molecule has 0 bridgehead atoms. The summed E-state index contributed by atoms with van der Waals surface area (Å²) < 4.78 is 33.2. The molecule has 0 aliphatic rings. The molecule has 0 rings (SSSR count). The van der Waals surface area contributed by atoms with Gasteiger partial charge in [-0.05, 0) is 167 Å². The van der Waals surface area contributed by atoms with Crippen molar-refractivity contribution in [1.82, 2.24) is 0 Å². The number of hydrogen-bond donors (Lipinski definition) is 2. The van der Waals surface area contributed by atoms with Crippen molar-refractivity contribution in [3.05, 3.63) is 243 Å². The fourth-order valence-electron chi connectivity index (χ4n) is 9.63. The van der Waals surface area contributed by atoms with Crippen molar-refractivity contribution in [2.24, 2.45) is 5.73 Å². The van der Waals surface area contributed by atoms with Gasteiger partial charge < -0.3 is 20.1 Å². The summed E-state index contributed by atoms with van der Waals surface area (Å²) >= 11 is 0. The van der Waals surface area contributed by atoms with Gasteiger partial charge >= 0.3 is 19.8 Å². The van der Waals surface area contributed by atoms with Gasteiger partial charge in [0, 0.05) is 19.4 Å². The molecule has 0 heterocycles. The zero-order valence-electron chi connectivity index (χ0n) is 62.1. The van der Waals surface area contributed by atoms with Crippen LogP contribution in [0.4, 0.5) is 0 Å². The Hall–Kier alpha value is -6.19. The molecule has 0 amide bonds. The first-order valence-electron chi connectivity index (χ1n) is 38.5. The summed E-state index contributed by atoms with van der Waals surface area (Å²) in [6.45, 7) is 3.45. The molecule has 3 N–H and O–H groups in total. The van der Waals surface area contributed by atoms with E-state index in [9.17, 15) is 19.0 Å². The Morgan fingerprint density at radius 1 is 0.303 bits per heavy atom. The molecule has 9 nitrogen and oxygen atoms in total. The minimum absolute atomic E-state index is 0.0355. The van der Waals surface area contributed by atoms with Crippen molar-refractivity contribution in [3.63, 3.8) is 0 Å². The fraction of sp³-hybridized carbons (Fsp3) is 0.528. The highest BCUT2D eigenvalue weighted by Gasteiger charge is 2.26. The summed E-state index contributed by atoms with van der Waals surface area (Å²) in [4.78, 5) is 35.4. The third kappa shape index (κ3) is 80.7. The van der Waals surface area contributed by atoms with Crippen molar-refractivity contribution >= 4 is 19.8 Å². The Labute approximate surface area is 606 Å². The summed E-state index contributed by atoms with van der Waals surface area (Å²) in [5.41, 5.74) is 5.41. The van der Waals surface area contributed by atoms with Crippen LogP contribution in [-0.2, 0) is 32.7 Å². The summed E-state index contributed by atoms with van der Waals surface area (Å²) in [6.07, 6.45) is 128. The molecule has 0 fully saturated rings. The molecule has 2 atom stereocenters. The minimum Gasteiger partial charge on any atom is -0.462 e. The first kappa shape index (κ1) is 92.8. The van der Waals surface area contributed by atoms with Crippen LogP contribution < -0.4 is 5.73 Å². The van der Waals surface area contributed by atoms with E-state index in [1.807, 2.05) is 0 Å². The molecule has 0 aliphatic heterocycles. The summed E-state index contributed by atoms with van der Waals surface area (Å²) in [7, 11) is -4.42. The van der Waals surface area contributed by atoms with Crippen LogP contribution in [0.1, 0.15) is 271 Å². The van der Waals surface area contributed by atoms with E-state index in [1.165, 1.54) is 64.2 Å². The van der Waals surface area contributed by atoms with Crippen LogP contribution in [0, 0.1) is 0 Å². The normalized spacial score (nSPS) is 14.3. The number of esters is 2. The highest BCUT2D eigenvalue weighted by Crippen LogP contribution is 2.43. The molecule has 0 saturated heterocycles. The lowest BCUT2D eigenvalue weighted by Gasteiger charge is -2.19. The van der Waals surface area contributed by atoms with Gasteiger partial charge in [-0.2, -0.15) is 0 Å². The maximum atomic E-state index is 12.8. The second-order valence-electron chi connectivity index (χ2n) is 24.4. The van der Waals surface area contributed by atoms with Crippen LogP contribution in [0.15, 0.2) is 243 Å². The zero-order valence-corrected chi connectivity index (χ0v) is 63.0. The fourth-order valence-corrected chi connectivity index (χ4v) is 10.4. The van der Waals surface area contributed by atoms with Crippen molar-refractivity contribution in [2.45, 2.75) is 277 Å². The van der Waals surface area contributed by atoms with Crippen LogP contribution in [0.25, 0.3) is 0 Å². The zero-order chi connectivity index (χ0) is 71.5. The number of rotatable bonds is 69. The molecule has 0 aromatic carbocycles. The van der Waals surface area contributed by atoms with Gasteiger partial charge in [0.05, 0.1) is 13.2 Å². The number of nitrogens with two attached hydrogens (primary N) is 1. The highest BCUT2D eigenvalue weighted by atomic mass is 31.2. The van der Waals surface area contributed by atoms with Gasteiger partial charge in [0.1, 0.15) is 6.61 Å². The van der Waals surface area contributed by atoms with Crippen molar-refractivity contribution in [1.29, 1.82) is 0 Å². The van der Waals surface area contributed by atoms with E-state index >= 15 is 0 Å². The van der Waals surface area contributed by atoms with E-state index in [0.29, 0.717) is 12.8 Å². The first-order chi connectivity index (χ1) is 48.8. The van der Waals surface area contributed by atoms with Gasteiger partial charge in [-0.3, -0.25) is 18.6 Å². The summed E-state index contributed by atoms with van der Waals surface area (Å²) in [5.74, 6) is -0.882. The molecule has 552 valence electrons. The molecule has 99 heavy (non-hydrogen) atoms. The number of hydrogen-bond acceptors (Lipinski definition) is 8. The average Bonchev–Trinajstić information content (AvgIpc) is 1.64. The van der Waals surface area contributed by atoms with Gasteiger partial charge in [0.2, 0.25) is 0 Å². The Balaban J connectivity index is 4.01. The van der Waals surface area contributed by atoms with Crippen LogP contribution in [0.5, 0.6) is 0 Å². The van der Waals surface area contributed by atoms with Crippen molar-refractivity contribution < 1.29 is 37.6 Å². The summed E-state index contributed by atoms with van der Waals surface area (Å²) in [5, 5.41) is 0. The molecule has 0 aromatic heterocycles. The third-order valence-electron chi connectivity index (χ3n) is 15.2. The number of phosphoric ester groups is 1. The summed E-state index contributed by atoms with van der Waals surface area (Å²) in [6, 6.07) is 0. The second-order valence-corrected chi connectivity index (χ2v) is 25.9. The van der Waals surface area contributed by atoms with Gasteiger partial charge in [-0.15, -0.1) is 0 Å². The Morgan fingerprint density at radius 2 is 0.525 bits per heavy atom. The van der Waals surface area contributed by atoms with Crippen LogP contribution in [0.3, 0.4) is 0 Å². The average molecular weight is 1380 g/mol. The highest BCUT2D eigenvalue weighted by molar-refractivity contribution is 7.47. The largest absolute Gasteiger partial charge is 0.472 e. The lowest BCUT2D eigenvalue weighted by molar-refractivity contribution is -0.161. The van der Waals surface area contributed by atoms with E-state index in [1.54, 1.807) is 0 Å². The molecular formula is C89H138NO8P. The molecule has 0 spiro atoms. The van der Waals surface area contributed by atoms with Crippen molar-refractivity contribution in [3.8, 4) is 0 Å². The van der Waals surface area contributed by atoms with Crippen LogP contribution in [-0.4, -0.2) is 49.3 Å².